The van der Waals surface area contributed by atoms with Gasteiger partial charge in [0.25, 0.3) is 0 Å². The highest BCUT2D eigenvalue weighted by atomic mass is 16.1. The van der Waals surface area contributed by atoms with E-state index >= 15 is 0 Å². The number of fused-ring (bicyclic) bond motifs is 1. The quantitative estimate of drug-likeness (QED) is 0.687. The Morgan fingerprint density at radius 1 is 1.04 bits per heavy atom. The average Bonchev–Trinajstić information content (AvgIpc) is 2.61. The van der Waals surface area contributed by atoms with Crippen molar-refractivity contribution in [1.82, 2.24) is 4.98 Å². The van der Waals surface area contributed by atoms with E-state index in [0.717, 1.165) is 22.2 Å². The van der Waals surface area contributed by atoms with E-state index < -0.39 is 0 Å². The monoisotopic (exact) mass is 316 g/mol. The predicted molar refractivity (Wildman–Crippen MR) is 99.9 cm³/mol. The molecule has 1 amide bonds. The van der Waals surface area contributed by atoms with E-state index in [9.17, 15) is 4.79 Å². The number of nitrogens with zero attached hydrogens (tertiary/aromatic N) is 1. The number of anilines is 1. The summed E-state index contributed by atoms with van der Waals surface area (Å²) in [5.41, 5.74) is 3.81. The lowest BCUT2D eigenvalue weighted by Crippen LogP contribution is -2.08. The highest BCUT2D eigenvalue weighted by Crippen LogP contribution is 2.20. The van der Waals surface area contributed by atoms with Gasteiger partial charge in [0.2, 0.25) is 5.91 Å². The van der Waals surface area contributed by atoms with Crippen molar-refractivity contribution < 1.29 is 4.79 Å². The first kappa shape index (κ1) is 15.9. The molecule has 3 rings (SSSR count). The fourth-order valence-electron chi connectivity index (χ4n) is 2.54. The highest BCUT2D eigenvalue weighted by Gasteiger charge is 2.04. The Kier molecular flexibility index (Phi) is 4.71. The molecule has 3 heteroatoms. The minimum atomic E-state index is -0.166. The van der Waals surface area contributed by atoms with Gasteiger partial charge < -0.3 is 5.32 Å². The summed E-state index contributed by atoms with van der Waals surface area (Å²) in [6.45, 7) is 4.33. The van der Waals surface area contributed by atoms with Crippen molar-refractivity contribution in [2.24, 2.45) is 0 Å². The molecule has 0 spiro atoms. The molecule has 0 aliphatic carbocycles. The van der Waals surface area contributed by atoms with Crippen molar-refractivity contribution in [2.45, 2.75) is 19.8 Å². The Balaban J connectivity index is 1.73. The van der Waals surface area contributed by atoms with Crippen LogP contribution in [0.4, 0.5) is 5.69 Å². The van der Waals surface area contributed by atoms with Gasteiger partial charge in [-0.1, -0.05) is 56.3 Å². The van der Waals surface area contributed by atoms with Crippen LogP contribution >= 0.6 is 0 Å². The van der Waals surface area contributed by atoms with Crippen molar-refractivity contribution in [2.75, 3.05) is 5.32 Å². The van der Waals surface area contributed by atoms with Gasteiger partial charge in [-0.25, -0.2) is 0 Å². The van der Waals surface area contributed by atoms with E-state index in [2.05, 4.69) is 36.3 Å². The molecule has 0 saturated carbocycles. The van der Waals surface area contributed by atoms with Crippen molar-refractivity contribution in [1.29, 1.82) is 0 Å². The predicted octanol–water partition coefficient (Wildman–Crippen LogP) is 5.01. The number of amides is 1. The van der Waals surface area contributed by atoms with Gasteiger partial charge >= 0.3 is 0 Å². The molecule has 0 aliphatic heterocycles. The van der Waals surface area contributed by atoms with Gasteiger partial charge in [0, 0.05) is 17.7 Å². The van der Waals surface area contributed by atoms with Crippen LogP contribution < -0.4 is 5.32 Å². The Bertz CT molecular complexity index is 874. The third kappa shape index (κ3) is 3.69. The van der Waals surface area contributed by atoms with Crippen LogP contribution in [-0.2, 0) is 4.79 Å². The molecule has 0 unspecified atom stereocenters. The van der Waals surface area contributed by atoms with Gasteiger partial charge in [0.1, 0.15) is 0 Å². The number of carbonyl (C=O) groups excluding carboxylic acids is 1. The number of rotatable bonds is 4. The number of benzene rings is 2. The highest BCUT2D eigenvalue weighted by molar-refractivity contribution is 6.06. The third-order valence-corrected chi connectivity index (χ3v) is 3.92. The number of pyridine rings is 1. The summed E-state index contributed by atoms with van der Waals surface area (Å²) >= 11 is 0. The largest absolute Gasteiger partial charge is 0.321 e. The van der Waals surface area contributed by atoms with E-state index in [1.54, 1.807) is 12.3 Å². The molecule has 1 N–H and O–H groups in total. The molecular formula is C21H20N2O. The second-order valence-electron chi connectivity index (χ2n) is 6.02. The topological polar surface area (TPSA) is 42.0 Å². The number of aromatic nitrogens is 1. The molecule has 120 valence electrons. The molecule has 1 aromatic heterocycles. The van der Waals surface area contributed by atoms with Gasteiger partial charge in [-0.3, -0.25) is 9.78 Å². The van der Waals surface area contributed by atoms with Gasteiger partial charge in [-0.05, 0) is 35.3 Å². The number of nitrogens with one attached hydrogen (secondary N) is 1. The minimum absolute atomic E-state index is 0.166. The fourth-order valence-corrected chi connectivity index (χ4v) is 2.54. The van der Waals surface area contributed by atoms with Crippen LogP contribution in [0.2, 0.25) is 0 Å². The van der Waals surface area contributed by atoms with Crippen molar-refractivity contribution in [3.63, 3.8) is 0 Å². The Labute approximate surface area is 142 Å². The molecule has 0 saturated heterocycles. The maximum Gasteiger partial charge on any atom is 0.248 e. The Morgan fingerprint density at radius 2 is 1.79 bits per heavy atom. The molecule has 3 aromatic rings. The number of carbonyl (C=O) groups is 1. The summed E-state index contributed by atoms with van der Waals surface area (Å²) in [7, 11) is 0. The first-order chi connectivity index (χ1) is 11.6. The lowest BCUT2D eigenvalue weighted by Gasteiger charge is -2.06. The molecule has 24 heavy (non-hydrogen) atoms. The van der Waals surface area contributed by atoms with E-state index in [1.807, 2.05) is 48.5 Å². The molecule has 2 aromatic carbocycles. The summed E-state index contributed by atoms with van der Waals surface area (Å²) in [5, 5.41) is 3.90. The molecule has 0 atom stereocenters. The van der Waals surface area contributed by atoms with E-state index in [1.165, 1.54) is 5.56 Å². The van der Waals surface area contributed by atoms with Crippen LogP contribution in [-0.4, -0.2) is 10.9 Å². The lowest BCUT2D eigenvalue weighted by molar-refractivity contribution is -0.111. The fraction of sp³-hybridized carbons (Fsp3) is 0.143. The SMILES string of the molecule is CC(C)c1ccc(/C=C/C(=O)Nc2cccc3cccnc23)cc1. The standard InChI is InChI=1S/C21H20N2O/c1-15(2)17-11-8-16(9-12-17)10-13-20(24)23-19-7-3-5-18-6-4-14-22-21(18)19/h3-15H,1-2H3,(H,23,24)/b13-10+. The van der Waals surface area contributed by atoms with Gasteiger partial charge in [0.05, 0.1) is 11.2 Å². The second-order valence-corrected chi connectivity index (χ2v) is 6.02. The van der Waals surface area contributed by atoms with Crippen LogP contribution in [0.15, 0.2) is 66.9 Å². The summed E-state index contributed by atoms with van der Waals surface area (Å²) in [5.74, 6) is 0.339. The minimum Gasteiger partial charge on any atom is -0.321 e. The number of hydrogen-bond acceptors (Lipinski definition) is 2. The van der Waals surface area contributed by atoms with Gasteiger partial charge in [0.15, 0.2) is 0 Å². The maximum absolute atomic E-state index is 12.2. The Hall–Kier alpha value is -2.94. The zero-order valence-electron chi connectivity index (χ0n) is 13.9. The van der Waals surface area contributed by atoms with Crippen LogP contribution in [0.25, 0.3) is 17.0 Å². The van der Waals surface area contributed by atoms with Gasteiger partial charge in [-0.15, -0.1) is 0 Å². The third-order valence-electron chi connectivity index (χ3n) is 3.92. The van der Waals surface area contributed by atoms with Crippen molar-refractivity contribution in [3.05, 3.63) is 78.0 Å². The smallest absolute Gasteiger partial charge is 0.248 e. The number of hydrogen-bond donors (Lipinski definition) is 1. The van der Waals surface area contributed by atoms with Crippen LogP contribution in [0.5, 0.6) is 0 Å². The van der Waals surface area contributed by atoms with E-state index in [-0.39, 0.29) is 5.91 Å². The summed E-state index contributed by atoms with van der Waals surface area (Å²) in [6, 6.07) is 17.8. The molecular weight excluding hydrogens is 296 g/mol. The Morgan fingerprint density at radius 3 is 2.54 bits per heavy atom. The molecule has 0 radical (unpaired) electrons. The van der Waals surface area contributed by atoms with Gasteiger partial charge in [-0.2, -0.15) is 0 Å². The molecule has 3 nitrogen and oxygen atoms in total. The van der Waals surface area contributed by atoms with Crippen LogP contribution in [0.3, 0.4) is 0 Å². The second kappa shape index (κ2) is 7.09. The zero-order valence-corrected chi connectivity index (χ0v) is 13.9. The summed E-state index contributed by atoms with van der Waals surface area (Å²) in [4.78, 5) is 16.5. The molecule has 0 aliphatic rings. The summed E-state index contributed by atoms with van der Waals surface area (Å²) in [6.07, 6.45) is 5.09. The zero-order chi connectivity index (χ0) is 16.9. The van der Waals surface area contributed by atoms with Crippen LogP contribution in [0.1, 0.15) is 30.9 Å². The molecule has 0 fully saturated rings. The lowest BCUT2D eigenvalue weighted by atomic mass is 10.0. The van der Waals surface area contributed by atoms with Crippen molar-refractivity contribution in [3.8, 4) is 0 Å². The van der Waals surface area contributed by atoms with E-state index in [4.69, 9.17) is 0 Å². The van der Waals surface area contributed by atoms with Crippen molar-refractivity contribution >= 4 is 28.6 Å². The average molecular weight is 316 g/mol. The first-order valence-electron chi connectivity index (χ1n) is 8.06. The molecule has 1 heterocycles. The first-order valence-corrected chi connectivity index (χ1v) is 8.06. The number of para-hydroxylation sites is 1. The summed E-state index contributed by atoms with van der Waals surface area (Å²) < 4.78 is 0. The van der Waals surface area contributed by atoms with Crippen LogP contribution in [0, 0.1) is 0 Å². The van der Waals surface area contributed by atoms with E-state index in [0.29, 0.717) is 5.92 Å². The maximum atomic E-state index is 12.2. The molecule has 0 bridgehead atoms. The normalized spacial score (nSPS) is 11.3.